The highest BCUT2D eigenvalue weighted by Crippen LogP contribution is 2.38. The van der Waals surface area contributed by atoms with Crippen molar-refractivity contribution in [1.82, 2.24) is 0 Å². The Morgan fingerprint density at radius 2 is 0.985 bits per heavy atom. The van der Waals surface area contributed by atoms with Gasteiger partial charge in [0.15, 0.2) is 59.0 Å². The zero-order chi connectivity index (χ0) is 50.8. The van der Waals surface area contributed by atoms with Crippen molar-refractivity contribution in [3.05, 3.63) is 0 Å². The van der Waals surface area contributed by atoms with Gasteiger partial charge in [-0.15, -0.1) is 0 Å². The zero-order valence-electron chi connectivity index (χ0n) is 36.3. The van der Waals surface area contributed by atoms with Gasteiger partial charge in [0, 0.05) is 18.8 Å². The highest BCUT2D eigenvalue weighted by Gasteiger charge is 2.52. The molecule has 7 fully saturated rings. The Morgan fingerprint density at radius 3 is 1.14 bits per heavy atom. The predicted octanol–water partition coefficient (Wildman–Crippen LogP) is 5.08. The van der Waals surface area contributed by atoms with E-state index in [2.05, 4.69) is 0 Å². The summed E-state index contributed by atoms with van der Waals surface area (Å²) >= 11 is 0. The predicted molar refractivity (Wildman–Crippen MR) is 229 cm³/mol. The Kier molecular flexibility index (Phi) is 23.1. The molecule has 0 aromatic rings. The average Bonchev–Trinajstić information content (AvgIpc) is 3.96. The van der Waals surface area contributed by atoms with Crippen molar-refractivity contribution in [3.8, 4) is 0 Å². The zero-order valence-corrected chi connectivity index (χ0v) is 42.0. The molecule has 0 spiro atoms. The van der Waals surface area contributed by atoms with Gasteiger partial charge in [-0.3, -0.25) is 0 Å². The molecule has 0 saturated carbocycles. The third kappa shape index (κ3) is 20.9. The molecule has 0 aromatic carbocycles. The van der Waals surface area contributed by atoms with Crippen LogP contribution in [0, 0.1) is 11.8 Å². The smallest absolute Gasteiger partial charge is 0.246 e. The van der Waals surface area contributed by atoms with Crippen LogP contribution in [0.15, 0.2) is 0 Å². The van der Waals surface area contributed by atoms with Crippen molar-refractivity contribution >= 4 is 68.9 Å². The number of hydrogen-bond acceptors (Lipinski definition) is 14. The van der Waals surface area contributed by atoms with Gasteiger partial charge in [0.05, 0.1) is 67.5 Å². The van der Waals surface area contributed by atoms with Crippen LogP contribution >= 0.6 is 0 Å². The van der Waals surface area contributed by atoms with Crippen molar-refractivity contribution in [3.63, 3.8) is 0 Å². The summed E-state index contributed by atoms with van der Waals surface area (Å²) in [6, 6.07) is 0. The van der Waals surface area contributed by atoms with Gasteiger partial charge in [0.25, 0.3) is 0 Å². The molecule has 7 heterocycles. The second-order valence-electron chi connectivity index (χ2n) is 17.3. The first-order valence-corrected chi connectivity index (χ1v) is 32.7. The minimum Gasteiger partial charge on any atom is -0.246 e. The van der Waals surface area contributed by atoms with Crippen LogP contribution < -0.4 is 0 Å². The molecule has 7 rings (SSSR count). The van der Waals surface area contributed by atoms with Crippen molar-refractivity contribution in [2.75, 3.05) is 51.8 Å². The normalized spacial score (nSPS) is 34.5. The van der Waals surface area contributed by atoms with E-state index >= 15 is 0 Å². The van der Waals surface area contributed by atoms with Crippen LogP contribution in [0.3, 0.4) is 0 Å². The van der Waals surface area contributed by atoms with E-state index in [1.807, 2.05) is 0 Å². The fourth-order valence-electron chi connectivity index (χ4n) is 6.96. The quantitative estimate of drug-likeness (QED) is 0.335. The van der Waals surface area contributed by atoms with Crippen molar-refractivity contribution < 1.29 is 98.4 Å². The number of rotatable bonds is 3. The van der Waals surface area contributed by atoms with E-state index in [1.165, 1.54) is 6.92 Å². The minimum atomic E-state index is -4.19. The van der Waals surface area contributed by atoms with Gasteiger partial charge >= 0.3 is 17.6 Å². The first-order valence-electron chi connectivity index (χ1n) is 20.6. The lowest BCUT2D eigenvalue weighted by Gasteiger charge is -2.18. The monoisotopic (exact) mass is 1100 g/mol. The topological polar surface area (TPSA) is 239 Å². The lowest BCUT2D eigenvalue weighted by Crippen LogP contribution is -2.33. The van der Waals surface area contributed by atoms with E-state index in [0.717, 1.165) is 25.7 Å². The van der Waals surface area contributed by atoms with E-state index < -0.39 is 128 Å². The molecule has 0 aromatic heterocycles. The van der Waals surface area contributed by atoms with Crippen LogP contribution in [0.1, 0.15) is 98.3 Å². The summed E-state index contributed by atoms with van der Waals surface area (Å²) in [5.41, 5.74) is -1.57. The standard InChI is InChI=1S/C7H10F4O2S.C5H8F2O2S.C5H9FO2S.2C5H10O2S.2C4H7FO2S/c8-6(9)7(10,11)4-5-2-1-3-14(5,12)13;1-4-2-5(6,7)10(8,9)3-4;1-4-2-9(7,8)3-5(4)6;2*1-5-3-2-4-8(5,6)7;5-4-1-2-8(6,7)3-4;5-4-2-1-3-8(4,6)7/h5-6H,1-4H2;4H,2-3H2,1H3;4-5H,2-3H2,1H3;2*5H,2-4H2,1H3;2*4H,1-3H2. The second-order valence-corrected chi connectivity index (χ2v) is 33.5. The fraction of sp³-hybridized carbons (Fsp3) is 1.00. The van der Waals surface area contributed by atoms with Crippen molar-refractivity contribution in [1.29, 1.82) is 0 Å². The summed E-state index contributed by atoms with van der Waals surface area (Å²) < 4.78 is 259. The van der Waals surface area contributed by atoms with Gasteiger partial charge < -0.3 is 0 Å². The van der Waals surface area contributed by atoms with Gasteiger partial charge in [-0.05, 0) is 77.6 Å². The Morgan fingerprint density at radius 1 is 0.538 bits per heavy atom. The molecular weight excluding hydrogens is 1040 g/mol. The van der Waals surface area contributed by atoms with Crippen molar-refractivity contribution in [2.45, 2.75) is 150 Å². The molecule has 0 bridgehead atoms. The summed E-state index contributed by atoms with van der Waals surface area (Å²) in [6.07, 6.45) is -3.11. The molecule has 0 N–H and O–H groups in total. The van der Waals surface area contributed by atoms with Gasteiger partial charge in [-0.25, -0.2) is 89.7 Å². The maximum absolute atomic E-state index is 12.5. The van der Waals surface area contributed by atoms with Crippen LogP contribution in [0.2, 0.25) is 0 Å². The molecule has 7 aliphatic rings. The molecule has 0 aliphatic carbocycles. The molecule has 0 radical (unpaired) electrons. The lowest BCUT2D eigenvalue weighted by molar-refractivity contribution is -0.132. The molecule has 7 aliphatic heterocycles. The van der Waals surface area contributed by atoms with E-state index in [9.17, 15) is 98.4 Å². The Labute approximate surface area is 378 Å². The van der Waals surface area contributed by atoms with E-state index in [-0.39, 0.29) is 82.4 Å². The van der Waals surface area contributed by atoms with Gasteiger partial charge in [-0.1, -0.05) is 13.8 Å². The maximum Gasteiger partial charge on any atom is 0.345 e. The van der Waals surface area contributed by atoms with Crippen LogP contribution in [-0.4, -0.2) is 162 Å². The van der Waals surface area contributed by atoms with Crippen LogP contribution in [-0.2, 0) is 68.9 Å². The summed E-state index contributed by atoms with van der Waals surface area (Å²) in [5.74, 6) is -5.05. The Hall–Kier alpha value is -0.980. The van der Waals surface area contributed by atoms with Crippen LogP contribution in [0.4, 0.5) is 39.5 Å². The molecular formula is C35H61F9O14S7. The average molecular weight is 1100 g/mol. The number of alkyl halides is 9. The molecule has 390 valence electrons. The van der Waals surface area contributed by atoms with E-state index in [1.54, 1.807) is 20.8 Å². The molecule has 8 unspecified atom stereocenters. The SMILES string of the molecule is CC1CC(F)(F)S(=O)(=O)C1.CC1CCCS1(=O)=O.CC1CCCS1(=O)=O.CC1CS(=O)(=O)CC1F.O=S1(=O)CCC(F)C1.O=S1(=O)CCCC1CC(F)(F)C(F)F.O=S1(=O)CCCC1F. The second kappa shape index (κ2) is 24.2. The largest absolute Gasteiger partial charge is 0.345 e. The van der Waals surface area contributed by atoms with Crippen molar-refractivity contribution in [2.24, 2.45) is 11.8 Å². The lowest BCUT2D eigenvalue weighted by atomic mass is 10.1. The number of hydrogen-bond donors (Lipinski definition) is 0. The molecule has 7 saturated heterocycles. The molecule has 30 heteroatoms. The summed E-state index contributed by atoms with van der Waals surface area (Å²) in [6.45, 7) is 6.69. The Bertz CT molecular complexity index is 2220. The van der Waals surface area contributed by atoms with Gasteiger partial charge in [-0.2, -0.15) is 8.78 Å². The third-order valence-corrected chi connectivity index (χ3v) is 25.6. The summed E-state index contributed by atoms with van der Waals surface area (Å²) in [7, 11) is -22.2. The van der Waals surface area contributed by atoms with Crippen LogP contribution in [0.5, 0.6) is 0 Å². The molecule has 0 amide bonds. The minimum absolute atomic E-state index is 0.0220. The molecule has 14 nitrogen and oxygen atoms in total. The van der Waals surface area contributed by atoms with E-state index in [0.29, 0.717) is 17.9 Å². The summed E-state index contributed by atoms with van der Waals surface area (Å²) in [4.78, 5) is 0. The Balaban J connectivity index is 0.000000383. The van der Waals surface area contributed by atoms with E-state index in [4.69, 9.17) is 0 Å². The first kappa shape index (κ1) is 62.0. The molecule has 65 heavy (non-hydrogen) atoms. The molecule has 8 atom stereocenters. The van der Waals surface area contributed by atoms with Crippen LogP contribution in [0.25, 0.3) is 0 Å². The highest BCUT2D eigenvalue weighted by atomic mass is 32.2. The fourth-order valence-corrected chi connectivity index (χ4v) is 18.3. The first-order chi connectivity index (χ1) is 29.1. The van der Waals surface area contributed by atoms with Gasteiger partial charge in [0.2, 0.25) is 15.3 Å². The summed E-state index contributed by atoms with van der Waals surface area (Å²) in [5, 5.41) is -4.90. The third-order valence-electron chi connectivity index (χ3n) is 11.1. The number of sulfone groups is 7. The highest BCUT2D eigenvalue weighted by molar-refractivity contribution is 7.93. The van der Waals surface area contributed by atoms with Gasteiger partial charge in [0.1, 0.15) is 12.3 Å². The maximum atomic E-state index is 12.5. The number of halogens is 9.